The molecule has 2 aliphatic rings. The number of hydrogen-bond acceptors (Lipinski definition) is 8. The summed E-state index contributed by atoms with van der Waals surface area (Å²) in [5.41, 5.74) is 0.513. The molecule has 0 N–H and O–H groups in total. The number of likely N-dealkylation sites (tertiary alicyclic amines) is 1. The average molecular weight is 408 g/mol. The lowest BCUT2D eigenvalue weighted by molar-refractivity contribution is -0.160. The van der Waals surface area contributed by atoms with E-state index in [-0.39, 0.29) is 17.2 Å². The Morgan fingerprint density at radius 1 is 0.931 bits per heavy atom. The highest BCUT2D eigenvalue weighted by atomic mass is 16.5. The molecule has 2 atom stereocenters. The number of aliphatic imine (C=N–C) groups is 1. The summed E-state index contributed by atoms with van der Waals surface area (Å²) in [6.45, 7) is 3.92. The van der Waals surface area contributed by atoms with Crippen LogP contribution >= 0.6 is 0 Å². The smallest absolute Gasteiger partial charge is 0.336 e. The molecule has 1 amide bonds. The van der Waals surface area contributed by atoms with E-state index in [1.54, 1.807) is 18.7 Å². The van der Waals surface area contributed by atoms with Gasteiger partial charge in [0.1, 0.15) is 11.8 Å². The van der Waals surface area contributed by atoms with Gasteiger partial charge in [-0.15, -0.1) is 0 Å². The number of allylic oxidation sites excluding steroid dienone is 1. The molecule has 0 aromatic rings. The maximum absolute atomic E-state index is 12.9. The summed E-state index contributed by atoms with van der Waals surface area (Å²) in [5.74, 6) is -5.08. The second kappa shape index (κ2) is 10.2. The molecule has 0 saturated carbocycles. The second-order valence-corrected chi connectivity index (χ2v) is 7.13. The van der Waals surface area contributed by atoms with Crippen LogP contribution in [-0.2, 0) is 33.4 Å². The summed E-state index contributed by atoms with van der Waals surface area (Å²) in [6.07, 6.45) is 3.96. The molecule has 0 aromatic heterocycles. The summed E-state index contributed by atoms with van der Waals surface area (Å²) in [6, 6.07) is 0. The van der Waals surface area contributed by atoms with Gasteiger partial charge in [0.2, 0.25) is 0 Å². The summed E-state index contributed by atoms with van der Waals surface area (Å²) in [5, 5.41) is 0. The zero-order valence-corrected chi connectivity index (χ0v) is 17.4. The van der Waals surface area contributed by atoms with Gasteiger partial charge in [-0.05, 0) is 26.7 Å². The number of esters is 3. The summed E-state index contributed by atoms with van der Waals surface area (Å²) in [4.78, 5) is 55.8. The first-order valence-corrected chi connectivity index (χ1v) is 9.68. The maximum Gasteiger partial charge on any atom is 0.336 e. The van der Waals surface area contributed by atoms with E-state index in [0.717, 1.165) is 25.7 Å². The Kier molecular flexibility index (Phi) is 7.92. The largest absolute Gasteiger partial charge is 0.468 e. The third-order valence-electron chi connectivity index (χ3n) is 5.24. The first kappa shape index (κ1) is 22.6. The van der Waals surface area contributed by atoms with Gasteiger partial charge in [0.25, 0.3) is 5.91 Å². The van der Waals surface area contributed by atoms with E-state index in [4.69, 9.17) is 14.2 Å². The molecular formula is C20H28N2O7. The molecule has 0 bridgehead atoms. The fourth-order valence-corrected chi connectivity index (χ4v) is 3.73. The monoisotopic (exact) mass is 408 g/mol. The van der Waals surface area contributed by atoms with E-state index in [2.05, 4.69) is 4.99 Å². The highest BCUT2D eigenvalue weighted by Crippen LogP contribution is 2.33. The van der Waals surface area contributed by atoms with Crippen molar-refractivity contribution >= 4 is 29.5 Å². The normalized spacial score (nSPS) is 22.3. The van der Waals surface area contributed by atoms with Gasteiger partial charge in [-0.3, -0.25) is 19.4 Å². The third kappa shape index (κ3) is 5.21. The molecule has 0 spiro atoms. The van der Waals surface area contributed by atoms with Crippen molar-refractivity contribution in [1.82, 2.24) is 4.90 Å². The standard InChI is InChI=1S/C20H28N2O7/c1-12-15(18(24)27-3)17(16(13(2)21-12)19(25)28-4)20(26)29-11-14(23)22-9-7-5-6-8-10-22/h15,17H,5-11H2,1-4H3/t15?,17-/m0/s1. The van der Waals surface area contributed by atoms with Crippen molar-refractivity contribution < 1.29 is 33.4 Å². The van der Waals surface area contributed by atoms with Gasteiger partial charge in [-0.25, -0.2) is 4.79 Å². The van der Waals surface area contributed by atoms with Crippen LogP contribution in [0.4, 0.5) is 0 Å². The quantitative estimate of drug-likeness (QED) is 0.497. The Hall–Kier alpha value is -2.71. The van der Waals surface area contributed by atoms with Crippen molar-refractivity contribution in [3.8, 4) is 0 Å². The van der Waals surface area contributed by atoms with E-state index >= 15 is 0 Å². The first-order valence-electron chi connectivity index (χ1n) is 9.68. The number of methoxy groups -OCH3 is 2. The highest BCUT2D eigenvalue weighted by Gasteiger charge is 2.46. The van der Waals surface area contributed by atoms with E-state index in [1.807, 2.05) is 0 Å². The van der Waals surface area contributed by atoms with E-state index < -0.39 is 36.4 Å². The lowest BCUT2D eigenvalue weighted by Crippen LogP contribution is -2.43. The first-order chi connectivity index (χ1) is 13.8. The molecule has 0 aliphatic carbocycles. The van der Waals surface area contributed by atoms with Crippen LogP contribution in [0.1, 0.15) is 39.5 Å². The molecule has 2 rings (SSSR count). The fourth-order valence-electron chi connectivity index (χ4n) is 3.73. The van der Waals surface area contributed by atoms with Crippen molar-refractivity contribution in [3.05, 3.63) is 11.3 Å². The molecule has 2 aliphatic heterocycles. The zero-order chi connectivity index (χ0) is 21.6. The number of rotatable bonds is 5. The van der Waals surface area contributed by atoms with Crippen LogP contribution in [-0.4, -0.2) is 68.3 Å². The molecule has 1 fully saturated rings. The Balaban J connectivity index is 2.22. The number of amides is 1. The average Bonchev–Trinajstić information content (AvgIpc) is 2.99. The van der Waals surface area contributed by atoms with Crippen LogP contribution in [0, 0.1) is 11.8 Å². The minimum absolute atomic E-state index is 0.0688. The Morgan fingerprint density at radius 3 is 2.10 bits per heavy atom. The molecule has 29 heavy (non-hydrogen) atoms. The molecular weight excluding hydrogens is 380 g/mol. The van der Waals surface area contributed by atoms with Gasteiger partial charge in [-0.2, -0.15) is 0 Å². The number of hydrogen-bond donors (Lipinski definition) is 0. The van der Waals surface area contributed by atoms with Crippen LogP contribution in [0.15, 0.2) is 16.3 Å². The van der Waals surface area contributed by atoms with Crippen LogP contribution in [0.5, 0.6) is 0 Å². The van der Waals surface area contributed by atoms with Crippen molar-refractivity contribution in [1.29, 1.82) is 0 Å². The lowest BCUT2D eigenvalue weighted by Gasteiger charge is -2.29. The predicted molar refractivity (Wildman–Crippen MR) is 103 cm³/mol. The summed E-state index contributed by atoms with van der Waals surface area (Å²) < 4.78 is 14.8. The molecule has 0 radical (unpaired) electrons. The molecule has 9 nitrogen and oxygen atoms in total. The van der Waals surface area contributed by atoms with Crippen molar-refractivity contribution in [2.45, 2.75) is 39.5 Å². The summed E-state index contributed by atoms with van der Waals surface area (Å²) in [7, 11) is 2.36. The van der Waals surface area contributed by atoms with Crippen LogP contribution in [0.3, 0.4) is 0 Å². The Morgan fingerprint density at radius 2 is 1.55 bits per heavy atom. The maximum atomic E-state index is 12.9. The van der Waals surface area contributed by atoms with E-state index in [9.17, 15) is 19.2 Å². The third-order valence-corrected chi connectivity index (χ3v) is 5.24. The van der Waals surface area contributed by atoms with Crippen molar-refractivity contribution in [3.63, 3.8) is 0 Å². The number of carbonyl (C=O) groups is 4. The van der Waals surface area contributed by atoms with Crippen LogP contribution in [0.2, 0.25) is 0 Å². The van der Waals surface area contributed by atoms with Crippen molar-refractivity contribution in [2.75, 3.05) is 33.9 Å². The van der Waals surface area contributed by atoms with E-state index in [0.29, 0.717) is 18.8 Å². The fraction of sp³-hybridized carbons (Fsp3) is 0.650. The number of nitrogens with zero attached hydrogens (tertiary/aromatic N) is 2. The minimum Gasteiger partial charge on any atom is -0.468 e. The van der Waals surface area contributed by atoms with Crippen LogP contribution < -0.4 is 0 Å². The molecule has 2 heterocycles. The van der Waals surface area contributed by atoms with Gasteiger partial charge in [-0.1, -0.05) is 12.8 Å². The van der Waals surface area contributed by atoms with Gasteiger partial charge >= 0.3 is 17.9 Å². The molecule has 0 aromatic carbocycles. The van der Waals surface area contributed by atoms with Crippen molar-refractivity contribution in [2.24, 2.45) is 16.8 Å². The highest BCUT2D eigenvalue weighted by molar-refractivity contribution is 6.10. The van der Waals surface area contributed by atoms with Gasteiger partial charge < -0.3 is 19.1 Å². The lowest BCUT2D eigenvalue weighted by atomic mass is 9.80. The van der Waals surface area contributed by atoms with Gasteiger partial charge in [0.05, 0.1) is 19.8 Å². The summed E-state index contributed by atoms with van der Waals surface area (Å²) >= 11 is 0. The molecule has 1 unspecified atom stereocenters. The number of ether oxygens (including phenoxy) is 3. The van der Waals surface area contributed by atoms with Gasteiger partial charge in [0, 0.05) is 24.5 Å². The SMILES string of the molecule is COC(=O)C1=C(C)N=C(C)C(C(=O)OC)[C@@H]1C(=O)OCC(=O)N1CCCCCC1. The number of carbonyl (C=O) groups excluding carboxylic acids is 4. The van der Waals surface area contributed by atoms with Gasteiger partial charge in [0.15, 0.2) is 6.61 Å². The molecule has 160 valence electrons. The predicted octanol–water partition coefficient (Wildman–Crippen LogP) is 1.26. The van der Waals surface area contributed by atoms with Crippen LogP contribution in [0.25, 0.3) is 0 Å². The second-order valence-electron chi connectivity index (χ2n) is 7.13. The Bertz CT molecular complexity index is 733. The van der Waals surface area contributed by atoms with E-state index in [1.165, 1.54) is 14.2 Å². The molecule has 1 saturated heterocycles. The topological polar surface area (TPSA) is 112 Å². The zero-order valence-electron chi connectivity index (χ0n) is 17.4. The minimum atomic E-state index is -1.29. The Labute approximate surface area is 170 Å². The molecule has 9 heteroatoms.